The summed E-state index contributed by atoms with van der Waals surface area (Å²) in [4.78, 5) is 10.1. The third kappa shape index (κ3) is 4.50. The van der Waals surface area contributed by atoms with Crippen molar-refractivity contribution in [1.82, 2.24) is 14.9 Å². The summed E-state index contributed by atoms with van der Waals surface area (Å²) in [6.45, 7) is 2.90. The van der Waals surface area contributed by atoms with Crippen LogP contribution in [-0.2, 0) is 0 Å². The third-order valence-corrected chi connectivity index (χ3v) is 3.77. The number of piperidine rings is 1. The van der Waals surface area contributed by atoms with E-state index >= 15 is 0 Å². The molecule has 1 aromatic rings. The Morgan fingerprint density at radius 3 is 3.14 bits per heavy atom. The third-order valence-electron chi connectivity index (χ3n) is 3.77. The molecule has 21 heavy (non-hydrogen) atoms. The highest BCUT2D eigenvalue weighted by Crippen LogP contribution is 2.17. The van der Waals surface area contributed by atoms with E-state index in [-0.39, 0.29) is 12.5 Å². The van der Waals surface area contributed by atoms with Gasteiger partial charge in [-0.1, -0.05) is 6.42 Å². The summed E-state index contributed by atoms with van der Waals surface area (Å²) in [6, 6.07) is 0.293. The molecule has 1 aliphatic heterocycles. The van der Waals surface area contributed by atoms with E-state index in [0.717, 1.165) is 32.1 Å². The highest BCUT2D eigenvalue weighted by atomic mass is 19.1. The molecular formula is C14H23FN4O2. The van der Waals surface area contributed by atoms with Crippen molar-refractivity contribution in [3.05, 3.63) is 12.0 Å². The maximum absolute atomic E-state index is 13.2. The molecule has 1 aliphatic rings. The molecule has 2 N–H and O–H groups in total. The van der Waals surface area contributed by atoms with Crippen LogP contribution in [0.5, 0.6) is 5.88 Å². The quantitative estimate of drug-likeness (QED) is 0.739. The summed E-state index contributed by atoms with van der Waals surface area (Å²) in [5, 5.41) is 12.4. The van der Waals surface area contributed by atoms with Crippen molar-refractivity contribution < 1.29 is 14.2 Å². The molecule has 1 fully saturated rings. The Hall–Kier alpha value is -1.47. The monoisotopic (exact) mass is 298 g/mol. The van der Waals surface area contributed by atoms with Crippen molar-refractivity contribution in [3.63, 3.8) is 0 Å². The van der Waals surface area contributed by atoms with Crippen LogP contribution < -0.4 is 10.1 Å². The van der Waals surface area contributed by atoms with E-state index in [4.69, 9.17) is 4.74 Å². The molecule has 0 unspecified atom stereocenters. The fraction of sp³-hybridized carbons (Fsp3) is 0.714. The van der Waals surface area contributed by atoms with Crippen molar-refractivity contribution in [2.45, 2.75) is 31.7 Å². The Bertz CT molecular complexity index is 447. The number of likely N-dealkylation sites (tertiary alicyclic amines) is 1. The van der Waals surface area contributed by atoms with Gasteiger partial charge in [-0.15, -0.1) is 0 Å². The summed E-state index contributed by atoms with van der Waals surface area (Å²) in [7, 11) is 1.38. The first-order chi connectivity index (χ1) is 10.2. The smallest absolute Gasteiger partial charge is 0.255 e. The number of aliphatic hydroxyl groups excluding tert-OH is 1. The second kappa shape index (κ2) is 8.09. The Kier molecular flexibility index (Phi) is 6.13. The summed E-state index contributed by atoms with van der Waals surface area (Å²) < 4.78 is 18.0. The Labute approximate surface area is 124 Å². The van der Waals surface area contributed by atoms with Crippen LogP contribution in [0.2, 0.25) is 0 Å². The first kappa shape index (κ1) is 15.9. The summed E-state index contributed by atoms with van der Waals surface area (Å²) in [5.41, 5.74) is 0. The number of nitrogens with zero attached hydrogens (tertiary/aromatic N) is 3. The van der Waals surface area contributed by atoms with Crippen LogP contribution in [0.3, 0.4) is 0 Å². The SMILES string of the molecule is COc1nc(NCCCN2CCCC[C@H]2CO)ncc1F. The molecule has 0 aromatic carbocycles. The van der Waals surface area contributed by atoms with Crippen LogP contribution in [0, 0.1) is 5.82 Å². The van der Waals surface area contributed by atoms with Crippen molar-refractivity contribution in [2.24, 2.45) is 0 Å². The normalized spacial score (nSPS) is 19.5. The molecule has 1 saturated heterocycles. The number of hydrogen-bond donors (Lipinski definition) is 2. The number of nitrogens with one attached hydrogen (secondary N) is 1. The molecule has 1 aromatic heterocycles. The van der Waals surface area contributed by atoms with E-state index in [1.54, 1.807) is 0 Å². The minimum atomic E-state index is -0.567. The number of anilines is 1. The van der Waals surface area contributed by atoms with Crippen molar-refractivity contribution >= 4 is 5.95 Å². The highest BCUT2D eigenvalue weighted by Gasteiger charge is 2.20. The second-order valence-corrected chi connectivity index (χ2v) is 5.20. The fourth-order valence-corrected chi connectivity index (χ4v) is 2.62. The van der Waals surface area contributed by atoms with Crippen LogP contribution in [0.1, 0.15) is 25.7 Å². The Balaban J connectivity index is 1.74. The first-order valence-electron chi connectivity index (χ1n) is 7.40. The molecule has 0 aliphatic carbocycles. The zero-order valence-corrected chi connectivity index (χ0v) is 12.4. The van der Waals surface area contributed by atoms with Gasteiger partial charge in [0.1, 0.15) is 0 Å². The van der Waals surface area contributed by atoms with Gasteiger partial charge in [-0.25, -0.2) is 4.98 Å². The van der Waals surface area contributed by atoms with Gasteiger partial charge in [-0.05, 0) is 25.8 Å². The lowest BCUT2D eigenvalue weighted by Gasteiger charge is -2.34. The average Bonchev–Trinajstić information content (AvgIpc) is 2.53. The maximum Gasteiger partial charge on any atom is 0.255 e. The largest absolute Gasteiger partial charge is 0.479 e. The Morgan fingerprint density at radius 1 is 1.52 bits per heavy atom. The number of aromatic nitrogens is 2. The number of aliphatic hydroxyl groups is 1. The van der Waals surface area contributed by atoms with E-state index < -0.39 is 5.82 Å². The molecule has 7 heteroatoms. The standard InChI is InChI=1S/C14H23FN4O2/c1-21-13-12(15)9-17-14(18-13)16-6-4-8-19-7-3-2-5-11(19)10-20/h9,11,20H,2-8,10H2,1H3,(H,16,17,18)/t11-/m0/s1. The van der Waals surface area contributed by atoms with Gasteiger partial charge in [0, 0.05) is 19.1 Å². The molecular weight excluding hydrogens is 275 g/mol. The minimum absolute atomic E-state index is 0.0520. The van der Waals surface area contributed by atoms with E-state index in [1.807, 2.05) is 0 Å². The first-order valence-corrected chi connectivity index (χ1v) is 7.40. The topological polar surface area (TPSA) is 70.5 Å². The van der Waals surface area contributed by atoms with Crippen molar-refractivity contribution in [2.75, 3.05) is 38.7 Å². The predicted molar refractivity (Wildman–Crippen MR) is 77.9 cm³/mol. The molecule has 2 heterocycles. The van der Waals surface area contributed by atoms with Gasteiger partial charge in [-0.2, -0.15) is 9.37 Å². The number of halogens is 1. The zero-order valence-electron chi connectivity index (χ0n) is 12.4. The molecule has 6 nitrogen and oxygen atoms in total. The van der Waals surface area contributed by atoms with Crippen LogP contribution in [0.4, 0.5) is 10.3 Å². The van der Waals surface area contributed by atoms with E-state index in [2.05, 4.69) is 20.2 Å². The molecule has 0 amide bonds. The van der Waals surface area contributed by atoms with Gasteiger partial charge in [0.2, 0.25) is 11.8 Å². The maximum atomic E-state index is 13.2. The van der Waals surface area contributed by atoms with Crippen LogP contribution in [0.25, 0.3) is 0 Å². The lowest BCUT2D eigenvalue weighted by molar-refractivity contribution is 0.0901. The number of rotatable bonds is 7. The lowest BCUT2D eigenvalue weighted by Crippen LogP contribution is -2.42. The average molecular weight is 298 g/mol. The van der Waals surface area contributed by atoms with Crippen molar-refractivity contribution in [1.29, 1.82) is 0 Å². The van der Waals surface area contributed by atoms with Crippen LogP contribution in [0.15, 0.2) is 6.20 Å². The summed E-state index contributed by atoms with van der Waals surface area (Å²) in [5.74, 6) is -0.253. The summed E-state index contributed by atoms with van der Waals surface area (Å²) in [6.07, 6.45) is 5.48. The van der Waals surface area contributed by atoms with E-state index in [0.29, 0.717) is 18.5 Å². The molecule has 2 rings (SSSR count). The molecule has 0 radical (unpaired) electrons. The minimum Gasteiger partial charge on any atom is -0.479 e. The van der Waals surface area contributed by atoms with E-state index in [1.165, 1.54) is 20.0 Å². The van der Waals surface area contributed by atoms with Crippen molar-refractivity contribution in [3.8, 4) is 5.88 Å². The van der Waals surface area contributed by atoms with Gasteiger partial charge in [-0.3, -0.25) is 4.90 Å². The van der Waals surface area contributed by atoms with Crippen LogP contribution >= 0.6 is 0 Å². The van der Waals surface area contributed by atoms with Gasteiger partial charge in [0.15, 0.2) is 0 Å². The van der Waals surface area contributed by atoms with Gasteiger partial charge >= 0.3 is 0 Å². The second-order valence-electron chi connectivity index (χ2n) is 5.20. The molecule has 1 atom stereocenters. The van der Waals surface area contributed by atoms with Crippen LogP contribution in [-0.4, -0.2) is 59.4 Å². The van der Waals surface area contributed by atoms with Gasteiger partial charge in [0.05, 0.1) is 19.9 Å². The number of methoxy groups -OCH3 is 1. The van der Waals surface area contributed by atoms with Gasteiger partial charge < -0.3 is 15.2 Å². The Morgan fingerprint density at radius 2 is 2.38 bits per heavy atom. The highest BCUT2D eigenvalue weighted by molar-refractivity contribution is 5.28. The lowest BCUT2D eigenvalue weighted by atomic mass is 10.0. The van der Waals surface area contributed by atoms with Gasteiger partial charge in [0.25, 0.3) is 5.88 Å². The number of ether oxygens (including phenoxy) is 1. The molecule has 0 bridgehead atoms. The number of hydrogen-bond acceptors (Lipinski definition) is 6. The fourth-order valence-electron chi connectivity index (χ4n) is 2.62. The zero-order chi connectivity index (χ0) is 15.1. The predicted octanol–water partition coefficient (Wildman–Crippen LogP) is 1.27. The summed E-state index contributed by atoms with van der Waals surface area (Å²) >= 11 is 0. The molecule has 0 spiro atoms. The van der Waals surface area contributed by atoms with E-state index in [9.17, 15) is 9.50 Å². The molecule has 0 saturated carbocycles. The molecule has 118 valence electrons.